The van der Waals surface area contributed by atoms with E-state index < -0.39 is 0 Å². The normalized spacial score (nSPS) is 12.0. The molecule has 100 valence electrons. The van der Waals surface area contributed by atoms with Crippen LogP contribution in [-0.2, 0) is 0 Å². The first-order valence-electron chi connectivity index (χ1n) is 6.82. The van der Waals surface area contributed by atoms with Crippen molar-refractivity contribution in [2.45, 2.75) is 0 Å². The number of benzene rings is 3. The molecule has 0 atom stereocenters. The lowest BCUT2D eigenvalue weighted by Gasteiger charge is -1.94. The largest absolute Gasteiger partial charge is 0.353 e. The third-order valence-electron chi connectivity index (χ3n) is 4.08. The van der Waals surface area contributed by atoms with Crippen molar-refractivity contribution in [3.05, 3.63) is 59.1 Å². The third kappa shape index (κ3) is 1.56. The van der Waals surface area contributed by atoms with E-state index in [2.05, 4.69) is 75.5 Å². The van der Waals surface area contributed by atoms with Gasteiger partial charge in [-0.3, -0.25) is 0 Å². The molecule has 0 spiro atoms. The van der Waals surface area contributed by atoms with E-state index in [1.807, 2.05) is 11.3 Å². The zero-order valence-electron chi connectivity index (χ0n) is 11.0. The number of H-pyrrole nitrogens is 1. The molecule has 3 aromatic carbocycles. The number of rotatable bonds is 0. The molecule has 0 aliphatic rings. The Bertz CT molecular complexity index is 1150. The molecule has 0 aliphatic heterocycles. The molecule has 21 heavy (non-hydrogen) atoms. The first-order chi connectivity index (χ1) is 10.3. The zero-order chi connectivity index (χ0) is 14.0. The second-order valence-electron chi connectivity index (χ2n) is 5.28. The van der Waals surface area contributed by atoms with E-state index >= 15 is 0 Å². The van der Waals surface area contributed by atoms with Crippen LogP contribution in [0, 0.1) is 0 Å². The van der Waals surface area contributed by atoms with Crippen molar-refractivity contribution < 1.29 is 0 Å². The number of halogens is 1. The molecule has 1 N–H and O–H groups in total. The van der Waals surface area contributed by atoms with Crippen molar-refractivity contribution in [1.82, 2.24) is 4.98 Å². The van der Waals surface area contributed by atoms with E-state index in [4.69, 9.17) is 0 Å². The van der Waals surface area contributed by atoms with Crippen LogP contribution < -0.4 is 0 Å². The molecule has 1 nitrogen and oxygen atoms in total. The van der Waals surface area contributed by atoms with Crippen molar-refractivity contribution in [3.63, 3.8) is 0 Å². The maximum absolute atomic E-state index is 3.60. The maximum Gasteiger partial charge on any atom is 0.0646 e. The number of aromatic amines is 1. The molecule has 0 saturated carbocycles. The first kappa shape index (κ1) is 11.8. The van der Waals surface area contributed by atoms with Gasteiger partial charge in [-0.1, -0.05) is 46.3 Å². The maximum atomic E-state index is 3.60. The van der Waals surface area contributed by atoms with Crippen LogP contribution in [0.2, 0.25) is 0 Å². The van der Waals surface area contributed by atoms with Crippen LogP contribution in [0.1, 0.15) is 0 Å². The summed E-state index contributed by atoms with van der Waals surface area (Å²) in [5.41, 5.74) is 2.44. The minimum absolute atomic E-state index is 1.12. The molecule has 0 unspecified atom stereocenters. The summed E-state index contributed by atoms with van der Waals surface area (Å²) in [7, 11) is 0. The van der Waals surface area contributed by atoms with E-state index in [9.17, 15) is 0 Å². The van der Waals surface area contributed by atoms with Gasteiger partial charge in [0.25, 0.3) is 0 Å². The van der Waals surface area contributed by atoms with Gasteiger partial charge in [0.2, 0.25) is 0 Å². The minimum Gasteiger partial charge on any atom is -0.353 e. The molecule has 2 heterocycles. The molecular formula is C18H10BrNS. The fourth-order valence-corrected chi connectivity index (χ4v) is 4.69. The molecule has 0 aliphatic carbocycles. The zero-order valence-corrected chi connectivity index (χ0v) is 13.4. The highest BCUT2D eigenvalue weighted by atomic mass is 79.9. The van der Waals surface area contributed by atoms with Gasteiger partial charge in [-0.15, -0.1) is 11.3 Å². The summed E-state index contributed by atoms with van der Waals surface area (Å²) in [6.07, 6.45) is 0. The van der Waals surface area contributed by atoms with E-state index in [-0.39, 0.29) is 0 Å². The molecule has 0 bridgehead atoms. The van der Waals surface area contributed by atoms with Crippen molar-refractivity contribution in [2.75, 3.05) is 0 Å². The molecule has 5 rings (SSSR count). The quantitative estimate of drug-likeness (QED) is 0.330. The molecule has 5 aromatic rings. The van der Waals surface area contributed by atoms with Crippen molar-refractivity contribution >= 4 is 69.2 Å². The Morgan fingerprint density at radius 3 is 2.62 bits per heavy atom. The first-order valence-corrected chi connectivity index (χ1v) is 8.43. The highest BCUT2D eigenvalue weighted by Gasteiger charge is 2.11. The van der Waals surface area contributed by atoms with Crippen LogP contribution in [0.5, 0.6) is 0 Å². The minimum atomic E-state index is 1.12. The Morgan fingerprint density at radius 1 is 0.810 bits per heavy atom. The Morgan fingerprint density at radius 2 is 1.67 bits per heavy atom. The fourth-order valence-electron chi connectivity index (χ4n) is 3.12. The smallest absolute Gasteiger partial charge is 0.0646 e. The van der Waals surface area contributed by atoms with Crippen molar-refractivity contribution in [1.29, 1.82) is 0 Å². The molecular weight excluding hydrogens is 342 g/mol. The predicted octanol–water partition coefficient (Wildman–Crippen LogP) is 6.45. The lowest BCUT2D eigenvalue weighted by Crippen LogP contribution is -1.69. The number of nitrogens with one attached hydrogen (secondary N) is 1. The van der Waals surface area contributed by atoms with Gasteiger partial charge in [-0.05, 0) is 24.3 Å². The topological polar surface area (TPSA) is 15.8 Å². The molecule has 0 saturated heterocycles. The highest BCUT2D eigenvalue weighted by Crippen LogP contribution is 2.40. The van der Waals surface area contributed by atoms with Crippen LogP contribution in [0.3, 0.4) is 0 Å². The van der Waals surface area contributed by atoms with E-state index in [0.29, 0.717) is 0 Å². The average Bonchev–Trinajstić information content (AvgIpc) is 3.05. The van der Waals surface area contributed by atoms with Gasteiger partial charge in [-0.25, -0.2) is 0 Å². The molecule has 0 fully saturated rings. The molecule has 2 aromatic heterocycles. The Kier molecular flexibility index (Phi) is 2.29. The summed E-state index contributed by atoms with van der Waals surface area (Å²) in [5, 5.41) is 5.26. The second-order valence-corrected chi connectivity index (χ2v) is 7.25. The SMILES string of the molecule is Brc1ccc2[nH]c3c(ccc4c5ccccc5sc43)c2c1. The van der Waals surface area contributed by atoms with Gasteiger partial charge in [-0.2, -0.15) is 0 Å². The van der Waals surface area contributed by atoms with Crippen LogP contribution in [0.15, 0.2) is 59.1 Å². The monoisotopic (exact) mass is 351 g/mol. The number of hydrogen-bond acceptors (Lipinski definition) is 1. The van der Waals surface area contributed by atoms with Crippen LogP contribution in [-0.4, -0.2) is 4.98 Å². The van der Waals surface area contributed by atoms with Crippen LogP contribution in [0.25, 0.3) is 42.0 Å². The summed E-state index contributed by atoms with van der Waals surface area (Å²) in [6.45, 7) is 0. The lowest BCUT2D eigenvalue weighted by molar-refractivity contribution is 1.56. The molecule has 0 radical (unpaired) electrons. The van der Waals surface area contributed by atoms with Gasteiger partial charge < -0.3 is 4.98 Å². The van der Waals surface area contributed by atoms with Gasteiger partial charge in [0, 0.05) is 36.2 Å². The van der Waals surface area contributed by atoms with Crippen LogP contribution in [0.4, 0.5) is 0 Å². The standard InChI is InChI=1S/C18H10BrNS/c19-10-5-8-15-14(9-10)12-6-7-13-11-3-1-2-4-16(11)21-18(13)17(12)20-15/h1-9,20H. The summed E-state index contributed by atoms with van der Waals surface area (Å²) < 4.78 is 3.81. The van der Waals surface area contributed by atoms with Crippen LogP contribution >= 0.6 is 27.3 Å². The second kappa shape index (κ2) is 4.09. The van der Waals surface area contributed by atoms with E-state index in [1.54, 1.807) is 0 Å². The Labute approximate surface area is 133 Å². The van der Waals surface area contributed by atoms with Gasteiger partial charge >= 0.3 is 0 Å². The van der Waals surface area contributed by atoms with Gasteiger partial charge in [0.15, 0.2) is 0 Å². The summed E-state index contributed by atoms with van der Waals surface area (Å²) in [6, 6.07) is 19.5. The van der Waals surface area contributed by atoms with E-state index in [1.165, 1.54) is 42.0 Å². The molecule has 3 heteroatoms. The number of hydrogen-bond donors (Lipinski definition) is 1. The highest BCUT2D eigenvalue weighted by molar-refractivity contribution is 9.10. The summed E-state index contributed by atoms with van der Waals surface area (Å²) >= 11 is 5.44. The number of fused-ring (bicyclic) bond motifs is 7. The van der Waals surface area contributed by atoms with Crippen molar-refractivity contribution in [2.24, 2.45) is 0 Å². The summed E-state index contributed by atoms with van der Waals surface area (Å²) in [4.78, 5) is 3.60. The fraction of sp³-hybridized carbons (Fsp3) is 0. The predicted molar refractivity (Wildman–Crippen MR) is 96.4 cm³/mol. The van der Waals surface area contributed by atoms with Gasteiger partial charge in [0.05, 0.1) is 10.2 Å². The van der Waals surface area contributed by atoms with Gasteiger partial charge in [0.1, 0.15) is 0 Å². The number of aromatic nitrogens is 1. The number of thiophene rings is 1. The lowest BCUT2D eigenvalue weighted by atomic mass is 10.1. The average molecular weight is 352 g/mol. The van der Waals surface area contributed by atoms with Crippen molar-refractivity contribution in [3.8, 4) is 0 Å². The third-order valence-corrected chi connectivity index (χ3v) is 5.78. The Balaban J connectivity index is 2.06. The van der Waals surface area contributed by atoms with E-state index in [0.717, 1.165) is 4.47 Å². The Hall–Kier alpha value is -1.84. The summed E-state index contributed by atoms with van der Waals surface area (Å²) in [5.74, 6) is 0. The molecule has 0 amide bonds.